The zero-order chi connectivity index (χ0) is 11.9. The van der Waals surface area contributed by atoms with Crippen LogP contribution in [0.25, 0.3) is 0 Å². The van der Waals surface area contributed by atoms with Gasteiger partial charge >= 0.3 is 0 Å². The molecule has 1 aliphatic carbocycles. The summed E-state index contributed by atoms with van der Waals surface area (Å²) >= 11 is 5.93. The third-order valence-electron chi connectivity index (χ3n) is 3.13. The van der Waals surface area contributed by atoms with Crippen molar-refractivity contribution in [3.63, 3.8) is 0 Å². The summed E-state index contributed by atoms with van der Waals surface area (Å²) in [5, 5.41) is 10.2. The Morgan fingerprint density at radius 2 is 2.06 bits per heavy atom. The van der Waals surface area contributed by atoms with E-state index in [9.17, 15) is 9.50 Å². The predicted octanol–water partition coefficient (Wildman–Crippen LogP) is 2.98. The fourth-order valence-electron chi connectivity index (χ4n) is 1.89. The number of halogens is 3. The monoisotopic (exact) mass is 279 g/mol. The van der Waals surface area contributed by atoms with Gasteiger partial charge in [-0.1, -0.05) is 17.7 Å². The highest BCUT2D eigenvalue weighted by molar-refractivity contribution is 6.31. The van der Waals surface area contributed by atoms with Crippen LogP contribution in [0, 0.1) is 18.7 Å². The fourth-order valence-corrected chi connectivity index (χ4v) is 2.16. The Kier molecular flexibility index (Phi) is 4.78. The molecule has 0 spiro atoms. The number of rotatable bonds is 3. The standard InChI is InChI=1S/C12H15ClFNO.ClH/c1-6-2-5-8(13)9(10(6)14)11(15)12(16)7-3-4-7;/h2,5,7,11-12,16H,3-4,15H2,1H3;1H/t11-,12+;/m1./s1. The summed E-state index contributed by atoms with van der Waals surface area (Å²) in [7, 11) is 0. The van der Waals surface area contributed by atoms with E-state index in [4.69, 9.17) is 17.3 Å². The number of aliphatic hydroxyl groups is 1. The van der Waals surface area contributed by atoms with E-state index >= 15 is 0 Å². The van der Waals surface area contributed by atoms with Crippen LogP contribution >= 0.6 is 24.0 Å². The van der Waals surface area contributed by atoms with Gasteiger partial charge in [0.2, 0.25) is 0 Å². The second kappa shape index (κ2) is 5.53. The zero-order valence-electron chi connectivity index (χ0n) is 9.49. The molecule has 1 aromatic carbocycles. The third-order valence-corrected chi connectivity index (χ3v) is 3.46. The highest BCUT2D eigenvalue weighted by Gasteiger charge is 2.36. The fraction of sp³-hybridized carbons (Fsp3) is 0.500. The van der Waals surface area contributed by atoms with Crippen LogP contribution < -0.4 is 5.73 Å². The van der Waals surface area contributed by atoms with Crippen LogP contribution in [0.2, 0.25) is 5.02 Å². The van der Waals surface area contributed by atoms with Gasteiger partial charge in [-0.15, -0.1) is 12.4 Å². The average molecular weight is 280 g/mol. The number of hydrogen-bond acceptors (Lipinski definition) is 2. The molecule has 1 saturated carbocycles. The van der Waals surface area contributed by atoms with E-state index in [1.165, 1.54) is 0 Å². The Morgan fingerprint density at radius 1 is 1.47 bits per heavy atom. The highest BCUT2D eigenvalue weighted by atomic mass is 35.5. The lowest BCUT2D eigenvalue weighted by Gasteiger charge is -2.21. The summed E-state index contributed by atoms with van der Waals surface area (Å²) in [4.78, 5) is 0. The first-order chi connectivity index (χ1) is 7.52. The van der Waals surface area contributed by atoms with Crippen molar-refractivity contribution in [3.8, 4) is 0 Å². The summed E-state index contributed by atoms with van der Waals surface area (Å²) < 4.78 is 13.9. The van der Waals surface area contributed by atoms with E-state index < -0.39 is 18.0 Å². The Morgan fingerprint density at radius 3 is 2.59 bits per heavy atom. The number of nitrogens with two attached hydrogens (primary N) is 1. The van der Waals surface area contributed by atoms with Crippen molar-refractivity contribution in [2.24, 2.45) is 11.7 Å². The molecule has 2 rings (SSSR count). The molecule has 1 fully saturated rings. The number of benzene rings is 1. The average Bonchev–Trinajstić information content (AvgIpc) is 3.06. The van der Waals surface area contributed by atoms with Crippen molar-refractivity contribution in [1.82, 2.24) is 0 Å². The van der Waals surface area contributed by atoms with Gasteiger partial charge < -0.3 is 10.8 Å². The maximum Gasteiger partial charge on any atom is 0.132 e. The van der Waals surface area contributed by atoms with Crippen molar-refractivity contribution in [2.75, 3.05) is 0 Å². The largest absolute Gasteiger partial charge is 0.391 e. The van der Waals surface area contributed by atoms with E-state index in [0.717, 1.165) is 12.8 Å². The van der Waals surface area contributed by atoms with Crippen molar-refractivity contribution in [2.45, 2.75) is 31.9 Å². The lowest BCUT2D eigenvalue weighted by molar-refractivity contribution is 0.121. The molecule has 1 aliphatic rings. The van der Waals surface area contributed by atoms with Crippen LogP contribution in [0.5, 0.6) is 0 Å². The molecular formula is C12H16Cl2FNO. The van der Waals surface area contributed by atoms with Gasteiger partial charge in [0.1, 0.15) is 5.82 Å². The van der Waals surface area contributed by atoms with Crippen molar-refractivity contribution in [3.05, 3.63) is 34.1 Å². The van der Waals surface area contributed by atoms with E-state index in [2.05, 4.69) is 0 Å². The maximum absolute atomic E-state index is 13.9. The van der Waals surface area contributed by atoms with Crippen molar-refractivity contribution < 1.29 is 9.50 Å². The lowest BCUT2D eigenvalue weighted by atomic mass is 9.97. The molecule has 0 aliphatic heterocycles. The first-order valence-electron chi connectivity index (χ1n) is 5.40. The van der Waals surface area contributed by atoms with Gasteiger partial charge in [-0.25, -0.2) is 4.39 Å². The minimum absolute atomic E-state index is 0. The topological polar surface area (TPSA) is 46.2 Å². The normalized spacial score (nSPS) is 18.4. The van der Waals surface area contributed by atoms with Crippen molar-refractivity contribution >= 4 is 24.0 Å². The molecule has 5 heteroatoms. The van der Waals surface area contributed by atoms with Crippen LogP contribution in [0.4, 0.5) is 4.39 Å². The van der Waals surface area contributed by atoms with Crippen LogP contribution in [-0.2, 0) is 0 Å². The summed E-state index contributed by atoms with van der Waals surface area (Å²) in [6.07, 6.45) is 1.22. The Hall–Kier alpha value is -0.350. The molecule has 0 saturated heterocycles. The molecule has 0 heterocycles. The molecule has 2 nitrogen and oxygen atoms in total. The maximum atomic E-state index is 13.9. The number of aliphatic hydroxyl groups excluding tert-OH is 1. The zero-order valence-corrected chi connectivity index (χ0v) is 11.1. The van der Waals surface area contributed by atoms with Gasteiger partial charge in [-0.3, -0.25) is 0 Å². The van der Waals surface area contributed by atoms with Crippen LogP contribution in [-0.4, -0.2) is 11.2 Å². The molecule has 3 N–H and O–H groups in total. The predicted molar refractivity (Wildman–Crippen MR) is 69.1 cm³/mol. The van der Waals surface area contributed by atoms with E-state index in [0.29, 0.717) is 5.56 Å². The summed E-state index contributed by atoms with van der Waals surface area (Å²) in [6, 6.07) is 2.49. The van der Waals surface area contributed by atoms with Gasteiger partial charge in [-0.2, -0.15) is 0 Å². The first kappa shape index (κ1) is 14.7. The molecule has 0 radical (unpaired) electrons. The van der Waals surface area contributed by atoms with Crippen LogP contribution in [0.1, 0.15) is 30.0 Å². The van der Waals surface area contributed by atoms with Crippen molar-refractivity contribution in [1.29, 1.82) is 0 Å². The van der Waals surface area contributed by atoms with Gasteiger partial charge in [0.25, 0.3) is 0 Å². The highest BCUT2D eigenvalue weighted by Crippen LogP contribution is 2.39. The molecule has 17 heavy (non-hydrogen) atoms. The quantitative estimate of drug-likeness (QED) is 0.894. The second-order valence-corrected chi connectivity index (χ2v) is 4.85. The number of aryl methyl sites for hydroxylation is 1. The molecule has 0 aromatic heterocycles. The minimum atomic E-state index is -0.736. The van der Waals surface area contributed by atoms with E-state index in [-0.39, 0.29) is 28.9 Å². The second-order valence-electron chi connectivity index (χ2n) is 4.45. The molecule has 1 aromatic rings. The van der Waals surface area contributed by atoms with Gasteiger partial charge in [0.15, 0.2) is 0 Å². The molecule has 0 amide bonds. The lowest BCUT2D eigenvalue weighted by Crippen LogP contribution is -2.29. The SMILES string of the molecule is Cc1ccc(Cl)c([C@@H](N)[C@@H](O)C2CC2)c1F.Cl. The molecule has 0 unspecified atom stereocenters. The third kappa shape index (κ3) is 2.91. The molecule has 0 bridgehead atoms. The summed E-state index contributed by atoms with van der Waals surface area (Å²) in [6.45, 7) is 1.66. The van der Waals surface area contributed by atoms with E-state index in [1.807, 2.05) is 0 Å². The van der Waals surface area contributed by atoms with Crippen LogP contribution in [0.3, 0.4) is 0 Å². The smallest absolute Gasteiger partial charge is 0.132 e. The summed E-state index contributed by atoms with van der Waals surface area (Å²) in [5.74, 6) is -0.203. The first-order valence-corrected chi connectivity index (χ1v) is 5.78. The Bertz CT molecular complexity index is 410. The van der Waals surface area contributed by atoms with Gasteiger partial charge in [0, 0.05) is 10.6 Å². The Balaban J connectivity index is 0.00000144. The minimum Gasteiger partial charge on any atom is -0.391 e. The van der Waals surface area contributed by atoms with Gasteiger partial charge in [0.05, 0.1) is 12.1 Å². The van der Waals surface area contributed by atoms with E-state index in [1.54, 1.807) is 19.1 Å². The molecular weight excluding hydrogens is 264 g/mol. The number of hydrogen-bond donors (Lipinski definition) is 2. The Labute approximate surface area is 111 Å². The molecule has 2 atom stereocenters. The van der Waals surface area contributed by atoms with Gasteiger partial charge in [-0.05, 0) is 37.3 Å². The summed E-state index contributed by atoms with van der Waals surface area (Å²) in [5.41, 5.74) is 6.61. The van der Waals surface area contributed by atoms with Crippen LogP contribution in [0.15, 0.2) is 12.1 Å². The molecule has 96 valence electrons.